The lowest BCUT2D eigenvalue weighted by Crippen LogP contribution is -1.99. The maximum atomic E-state index is 14.1. The summed E-state index contributed by atoms with van der Waals surface area (Å²) in [6, 6.07) is 2.38. The number of aromatic nitrogens is 3. The monoisotopic (exact) mass is 559 g/mol. The second kappa shape index (κ2) is 11.2. The lowest BCUT2D eigenvalue weighted by Gasteiger charge is -2.08. The van der Waals surface area contributed by atoms with Gasteiger partial charge in [0.2, 0.25) is 0 Å². The van der Waals surface area contributed by atoms with E-state index in [1.54, 1.807) is 0 Å². The number of fused-ring (bicyclic) bond motifs is 1. The van der Waals surface area contributed by atoms with Gasteiger partial charge in [-0.25, -0.2) is 14.2 Å². The van der Waals surface area contributed by atoms with Crippen molar-refractivity contribution in [3.05, 3.63) is 62.3 Å². The molecule has 0 aliphatic heterocycles. The number of ether oxygens (including phenoxy) is 1. The van der Waals surface area contributed by atoms with Gasteiger partial charge in [-0.2, -0.15) is 0 Å². The van der Waals surface area contributed by atoms with Crippen molar-refractivity contribution in [1.82, 2.24) is 15.1 Å². The summed E-state index contributed by atoms with van der Waals surface area (Å²) >= 11 is 13.9. The van der Waals surface area contributed by atoms with Crippen LogP contribution in [0.25, 0.3) is 21.5 Å². The molecule has 3 aromatic heterocycles. The number of rotatable bonds is 9. The molecule has 1 aliphatic rings. The number of pyridine rings is 1. The van der Waals surface area contributed by atoms with Crippen LogP contribution in [-0.4, -0.2) is 32.8 Å². The Bertz CT molecular complexity index is 1520. The fourth-order valence-electron chi connectivity index (χ4n) is 3.86. The van der Waals surface area contributed by atoms with Gasteiger partial charge in [0, 0.05) is 42.5 Å². The first-order valence-electron chi connectivity index (χ1n) is 11.6. The Morgan fingerprint density at radius 1 is 1.24 bits per heavy atom. The minimum absolute atomic E-state index is 0.109. The summed E-state index contributed by atoms with van der Waals surface area (Å²) in [6.45, 7) is 0.861. The molecule has 0 atom stereocenters. The topological polar surface area (TPSA) is 98.3 Å². The van der Waals surface area contributed by atoms with E-state index < -0.39 is 11.8 Å². The molecule has 7 nitrogen and oxygen atoms in total. The van der Waals surface area contributed by atoms with Crippen LogP contribution >= 0.6 is 34.5 Å². The van der Waals surface area contributed by atoms with Crippen LogP contribution in [0.3, 0.4) is 0 Å². The standard InChI is InChI=1S/C26H20Cl2FN3O4S/c27-17-11-30-12-18(28)22(17)23-16(25(36-32-23)14-6-7-14)13-35-8-4-2-1-3-5-21-31-24-19(29)9-15(26(33)34)10-20(24)37-21/h9-12,14H,1-2,4,6-8,13H2,(H,33,34). The minimum Gasteiger partial charge on any atom is -0.478 e. The summed E-state index contributed by atoms with van der Waals surface area (Å²) in [5, 5.41) is 14.6. The third kappa shape index (κ3) is 5.78. The summed E-state index contributed by atoms with van der Waals surface area (Å²) in [5.74, 6) is 5.31. The second-order valence-electron chi connectivity index (χ2n) is 8.57. The highest BCUT2D eigenvalue weighted by molar-refractivity contribution is 7.19. The smallest absolute Gasteiger partial charge is 0.335 e. The molecule has 0 unspecified atom stereocenters. The summed E-state index contributed by atoms with van der Waals surface area (Å²) < 4.78 is 26.1. The van der Waals surface area contributed by atoms with Crippen LogP contribution in [-0.2, 0) is 11.3 Å². The van der Waals surface area contributed by atoms with Crippen LogP contribution < -0.4 is 0 Å². The molecule has 0 spiro atoms. The number of carboxylic acids is 1. The highest BCUT2D eigenvalue weighted by Gasteiger charge is 2.33. The largest absolute Gasteiger partial charge is 0.478 e. The Labute approximate surface area is 225 Å². The fourth-order valence-corrected chi connectivity index (χ4v) is 5.29. The summed E-state index contributed by atoms with van der Waals surface area (Å²) in [5.41, 5.74) is 2.08. The van der Waals surface area contributed by atoms with Crippen LogP contribution in [0.1, 0.15) is 64.7 Å². The van der Waals surface area contributed by atoms with Crippen molar-refractivity contribution in [2.75, 3.05) is 6.61 Å². The van der Waals surface area contributed by atoms with Crippen LogP contribution in [0.15, 0.2) is 29.0 Å². The average Bonchev–Trinajstić information content (AvgIpc) is 3.49. The molecule has 0 saturated heterocycles. The molecule has 1 fully saturated rings. The van der Waals surface area contributed by atoms with Gasteiger partial charge in [0.1, 0.15) is 17.0 Å². The number of nitrogens with zero attached hydrogens (tertiary/aromatic N) is 3. The van der Waals surface area contributed by atoms with Crippen LogP contribution in [0, 0.1) is 17.7 Å². The predicted octanol–water partition coefficient (Wildman–Crippen LogP) is 7.11. The summed E-state index contributed by atoms with van der Waals surface area (Å²) in [4.78, 5) is 19.3. The Balaban J connectivity index is 1.15. The van der Waals surface area contributed by atoms with E-state index >= 15 is 0 Å². The fraction of sp³-hybridized carbons (Fsp3) is 0.308. The molecule has 4 aromatic rings. The van der Waals surface area contributed by atoms with Gasteiger partial charge in [0.05, 0.1) is 26.9 Å². The molecule has 0 bridgehead atoms. The predicted molar refractivity (Wildman–Crippen MR) is 139 cm³/mol. The summed E-state index contributed by atoms with van der Waals surface area (Å²) in [7, 11) is 0. The molecule has 0 amide bonds. The van der Waals surface area contributed by atoms with Crippen molar-refractivity contribution in [3.8, 4) is 23.1 Å². The third-order valence-corrected chi connectivity index (χ3v) is 7.33. The van der Waals surface area contributed by atoms with Crippen LogP contribution in [0.4, 0.5) is 4.39 Å². The zero-order chi connectivity index (χ0) is 25.9. The SMILES string of the molecule is O=C(O)c1cc(F)c2nc(C#CCCCCOCc3c(-c4c(Cl)cncc4Cl)noc3C3CC3)sc2c1. The number of hydrogen-bond acceptors (Lipinski definition) is 7. The van der Waals surface area contributed by atoms with Gasteiger partial charge in [-0.05, 0) is 43.7 Å². The zero-order valence-corrected chi connectivity index (χ0v) is 21.7. The molecule has 0 radical (unpaired) electrons. The average molecular weight is 560 g/mol. The maximum absolute atomic E-state index is 14.1. The first-order chi connectivity index (χ1) is 17.9. The quantitative estimate of drug-likeness (QED) is 0.172. The van der Waals surface area contributed by atoms with E-state index in [4.69, 9.17) is 37.6 Å². The van der Waals surface area contributed by atoms with E-state index in [-0.39, 0.29) is 11.1 Å². The molecular weight excluding hydrogens is 540 g/mol. The van der Waals surface area contributed by atoms with Gasteiger partial charge < -0.3 is 14.4 Å². The van der Waals surface area contributed by atoms with Gasteiger partial charge in [-0.1, -0.05) is 34.3 Å². The van der Waals surface area contributed by atoms with Crippen molar-refractivity contribution in [1.29, 1.82) is 0 Å². The molecule has 3 heterocycles. The number of hydrogen-bond donors (Lipinski definition) is 1. The van der Waals surface area contributed by atoms with Crippen molar-refractivity contribution >= 4 is 50.7 Å². The number of carbonyl (C=O) groups is 1. The number of halogens is 3. The summed E-state index contributed by atoms with van der Waals surface area (Å²) in [6.07, 6.45) is 7.39. The Kier molecular flexibility index (Phi) is 7.72. The minimum atomic E-state index is -1.18. The maximum Gasteiger partial charge on any atom is 0.335 e. The van der Waals surface area contributed by atoms with Gasteiger partial charge >= 0.3 is 5.97 Å². The first kappa shape index (κ1) is 25.6. The molecule has 1 N–H and O–H groups in total. The van der Waals surface area contributed by atoms with E-state index in [1.807, 2.05) is 0 Å². The molecule has 190 valence electrons. The highest BCUT2D eigenvalue weighted by Crippen LogP contribution is 2.45. The van der Waals surface area contributed by atoms with Crippen LogP contribution in [0.2, 0.25) is 10.0 Å². The van der Waals surface area contributed by atoms with Crippen molar-refractivity contribution in [2.45, 2.75) is 44.6 Å². The normalized spacial score (nSPS) is 13.1. The van der Waals surface area contributed by atoms with Crippen molar-refractivity contribution in [2.24, 2.45) is 0 Å². The lowest BCUT2D eigenvalue weighted by molar-refractivity contribution is 0.0696. The van der Waals surface area contributed by atoms with Gasteiger partial charge in [0.15, 0.2) is 10.8 Å². The number of aromatic carboxylic acids is 1. The molecule has 1 saturated carbocycles. The van der Waals surface area contributed by atoms with E-state index in [1.165, 1.54) is 29.8 Å². The zero-order valence-electron chi connectivity index (χ0n) is 19.4. The third-order valence-electron chi connectivity index (χ3n) is 5.83. The van der Waals surface area contributed by atoms with E-state index in [2.05, 4.69) is 27.0 Å². The molecule has 1 aliphatic carbocycles. The number of unbranched alkanes of at least 4 members (excludes halogenated alkanes) is 2. The second-order valence-corrected chi connectivity index (χ2v) is 10.4. The first-order valence-corrected chi connectivity index (χ1v) is 13.2. The number of benzene rings is 1. The van der Waals surface area contributed by atoms with Crippen molar-refractivity contribution in [3.63, 3.8) is 0 Å². The highest BCUT2D eigenvalue weighted by atomic mass is 35.5. The molecule has 11 heteroatoms. The Morgan fingerprint density at radius 3 is 2.76 bits per heavy atom. The Hall–Kier alpha value is -3.03. The molecular formula is C26H20Cl2FN3O4S. The van der Waals surface area contributed by atoms with Gasteiger partial charge in [-0.3, -0.25) is 4.98 Å². The van der Waals surface area contributed by atoms with Crippen molar-refractivity contribution < 1.29 is 23.6 Å². The number of thiazole rings is 1. The molecule has 1 aromatic carbocycles. The Morgan fingerprint density at radius 2 is 2.03 bits per heavy atom. The van der Waals surface area contributed by atoms with E-state index in [9.17, 15) is 9.18 Å². The van der Waals surface area contributed by atoms with E-state index in [0.29, 0.717) is 56.6 Å². The van der Waals surface area contributed by atoms with E-state index in [0.717, 1.165) is 43.1 Å². The molecule has 5 rings (SSSR count). The van der Waals surface area contributed by atoms with Gasteiger partial charge in [0.25, 0.3) is 0 Å². The van der Waals surface area contributed by atoms with Gasteiger partial charge in [-0.15, -0.1) is 11.3 Å². The number of carboxylic acid groups (broad SMARTS) is 1. The van der Waals surface area contributed by atoms with Crippen LogP contribution in [0.5, 0.6) is 0 Å². The molecule has 37 heavy (non-hydrogen) atoms. The lowest BCUT2D eigenvalue weighted by atomic mass is 10.1.